The number of aromatic nitrogens is 3. The largest absolute Gasteiger partial charge is 0.341 e. The molecule has 0 saturated carbocycles. The van der Waals surface area contributed by atoms with Crippen LogP contribution in [0.1, 0.15) is 20.8 Å². The fourth-order valence-corrected chi connectivity index (χ4v) is 2.22. The first-order valence-electron chi connectivity index (χ1n) is 6.73. The zero-order valence-electron chi connectivity index (χ0n) is 12.1. The summed E-state index contributed by atoms with van der Waals surface area (Å²) in [5.41, 5.74) is 0. The number of nitrogens with one attached hydrogen (secondary N) is 1. The molecule has 2 rings (SSSR count). The molecule has 1 fully saturated rings. The van der Waals surface area contributed by atoms with Gasteiger partial charge >= 0.3 is 0 Å². The molecule has 1 atom stereocenters. The van der Waals surface area contributed by atoms with Crippen molar-refractivity contribution in [1.82, 2.24) is 20.3 Å². The monoisotopic (exact) mass is 312 g/mol. The van der Waals surface area contributed by atoms with Crippen molar-refractivity contribution < 1.29 is 9.59 Å². The summed E-state index contributed by atoms with van der Waals surface area (Å²) >= 11 is 5.95. The maximum Gasteiger partial charge on any atom is 0.249 e. The highest BCUT2D eigenvalue weighted by Gasteiger charge is 2.32. The Bertz CT molecular complexity index is 563. The number of imide groups is 1. The van der Waals surface area contributed by atoms with Crippen molar-refractivity contribution in [2.45, 2.75) is 26.8 Å². The van der Waals surface area contributed by atoms with Gasteiger partial charge in [-0.3, -0.25) is 14.9 Å². The van der Waals surface area contributed by atoms with Gasteiger partial charge in [0.25, 0.3) is 0 Å². The number of halogens is 1. The molecule has 0 aromatic carbocycles. The fraction of sp³-hybridized carbons (Fsp3) is 0.583. The second kappa shape index (κ2) is 6.21. The van der Waals surface area contributed by atoms with Gasteiger partial charge in [0.05, 0.1) is 0 Å². The van der Waals surface area contributed by atoms with Crippen molar-refractivity contribution in [1.29, 1.82) is 0 Å². The Balaban J connectivity index is 2.38. The molecule has 1 aliphatic heterocycles. The molecule has 21 heavy (non-hydrogen) atoms. The molecule has 0 radical (unpaired) electrons. The van der Waals surface area contributed by atoms with Crippen molar-refractivity contribution in [3.63, 3.8) is 0 Å². The molecule has 1 N–H and O–H groups in total. The van der Waals surface area contributed by atoms with Crippen LogP contribution >= 0.6 is 11.6 Å². The van der Waals surface area contributed by atoms with E-state index in [9.17, 15) is 9.59 Å². The van der Waals surface area contributed by atoms with E-state index in [1.54, 1.807) is 6.92 Å². The Morgan fingerprint density at radius 3 is 2.57 bits per heavy atom. The summed E-state index contributed by atoms with van der Waals surface area (Å²) in [6, 6.07) is -0.550. The minimum atomic E-state index is -0.550. The lowest BCUT2D eigenvalue weighted by Gasteiger charge is -2.32. The normalized spacial score (nSPS) is 18.7. The molecule has 0 spiro atoms. The third-order valence-corrected chi connectivity index (χ3v) is 3.48. The van der Waals surface area contributed by atoms with Crippen LogP contribution in [0.4, 0.5) is 11.9 Å². The molecule has 1 aromatic rings. The van der Waals surface area contributed by atoms with Crippen LogP contribution in [0.5, 0.6) is 0 Å². The Kier molecular flexibility index (Phi) is 4.56. The molecular formula is C12H17ClN6O2. The molecule has 1 unspecified atom stereocenters. The van der Waals surface area contributed by atoms with Gasteiger partial charge in [-0.2, -0.15) is 15.0 Å². The Morgan fingerprint density at radius 2 is 1.95 bits per heavy atom. The van der Waals surface area contributed by atoms with Crippen LogP contribution in [0, 0.1) is 0 Å². The van der Waals surface area contributed by atoms with E-state index in [-0.39, 0.29) is 29.6 Å². The van der Waals surface area contributed by atoms with E-state index in [2.05, 4.69) is 20.3 Å². The molecule has 8 nitrogen and oxygen atoms in total. The van der Waals surface area contributed by atoms with E-state index in [1.165, 1.54) is 4.90 Å². The predicted molar refractivity (Wildman–Crippen MR) is 78.4 cm³/mol. The number of hydrogen-bond acceptors (Lipinski definition) is 7. The first-order valence-corrected chi connectivity index (χ1v) is 7.10. The van der Waals surface area contributed by atoms with Gasteiger partial charge in [0.2, 0.25) is 29.0 Å². The van der Waals surface area contributed by atoms with Gasteiger partial charge < -0.3 is 9.80 Å². The number of hydrogen-bond donors (Lipinski definition) is 1. The molecule has 9 heteroatoms. The fourth-order valence-electron chi connectivity index (χ4n) is 2.06. The van der Waals surface area contributed by atoms with E-state index in [4.69, 9.17) is 11.6 Å². The van der Waals surface area contributed by atoms with E-state index in [0.29, 0.717) is 19.0 Å². The second-order valence-corrected chi connectivity index (χ2v) is 4.93. The van der Waals surface area contributed by atoms with Crippen molar-refractivity contribution in [2.75, 3.05) is 29.4 Å². The average Bonchev–Trinajstić information content (AvgIpc) is 2.43. The highest BCUT2D eigenvalue weighted by atomic mass is 35.5. The van der Waals surface area contributed by atoms with Crippen molar-refractivity contribution in [2.24, 2.45) is 0 Å². The standard InChI is InChI=1S/C12H17ClN6O2/c1-4-18(5-2)11-15-10(13)16-12(17-11)19-6-8(20)14-9(21)7(19)3/h7H,4-6H2,1-3H3,(H,14,20,21). The number of nitrogens with zero attached hydrogens (tertiary/aromatic N) is 5. The first kappa shape index (κ1) is 15.4. The van der Waals surface area contributed by atoms with Crippen LogP contribution in [0.15, 0.2) is 0 Å². The Morgan fingerprint density at radius 1 is 1.29 bits per heavy atom. The minimum absolute atomic E-state index is 0.00490. The summed E-state index contributed by atoms with van der Waals surface area (Å²) in [4.78, 5) is 39.1. The second-order valence-electron chi connectivity index (χ2n) is 4.59. The molecular weight excluding hydrogens is 296 g/mol. The van der Waals surface area contributed by atoms with Gasteiger partial charge in [0, 0.05) is 13.1 Å². The number of anilines is 2. The van der Waals surface area contributed by atoms with Crippen molar-refractivity contribution in [3.05, 3.63) is 5.28 Å². The van der Waals surface area contributed by atoms with Gasteiger partial charge in [-0.15, -0.1) is 0 Å². The maximum absolute atomic E-state index is 11.7. The zero-order valence-corrected chi connectivity index (χ0v) is 12.9. The minimum Gasteiger partial charge on any atom is -0.341 e. The van der Waals surface area contributed by atoms with E-state index < -0.39 is 6.04 Å². The van der Waals surface area contributed by atoms with E-state index in [0.717, 1.165) is 0 Å². The van der Waals surface area contributed by atoms with Gasteiger partial charge in [-0.1, -0.05) is 0 Å². The van der Waals surface area contributed by atoms with Crippen LogP contribution in [0.2, 0.25) is 5.28 Å². The predicted octanol–water partition coefficient (Wildman–Crippen LogP) is 0.222. The quantitative estimate of drug-likeness (QED) is 0.795. The van der Waals surface area contributed by atoms with Gasteiger partial charge in [0.1, 0.15) is 12.6 Å². The molecule has 0 bridgehead atoms. The molecule has 1 saturated heterocycles. The summed E-state index contributed by atoms with van der Waals surface area (Å²) < 4.78 is 0. The number of rotatable bonds is 4. The van der Waals surface area contributed by atoms with Crippen molar-refractivity contribution >= 4 is 35.3 Å². The summed E-state index contributed by atoms with van der Waals surface area (Å²) in [5, 5.41) is 2.30. The van der Waals surface area contributed by atoms with Crippen molar-refractivity contribution in [3.8, 4) is 0 Å². The average molecular weight is 313 g/mol. The van der Waals surface area contributed by atoms with Crippen LogP contribution in [-0.2, 0) is 9.59 Å². The van der Waals surface area contributed by atoms with E-state index >= 15 is 0 Å². The first-order chi connectivity index (χ1) is 9.96. The lowest BCUT2D eigenvalue weighted by atomic mass is 10.2. The zero-order chi connectivity index (χ0) is 15.6. The summed E-state index contributed by atoms with van der Waals surface area (Å²) in [5.74, 6) is -0.112. The third-order valence-electron chi connectivity index (χ3n) is 3.31. The molecule has 2 amide bonds. The summed E-state index contributed by atoms with van der Waals surface area (Å²) in [7, 11) is 0. The molecule has 0 aliphatic carbocycles. The van der Waals surface area contributed by atoms with Gasteiger partial charge in [-0.25, -0.2) is 0 Å². The van der Waals surface area contributed by atoms with Crippen LogP contribution in [-0.4, -0.2) is 52.4 Å². The SMILES string of the molecule is CCN(CC)c1nc(Cl)nc(N2CC(=O)NC(=O)C2C)n1. The highest BCUT2D eigenvalue weighted by Crippen LogP contribution is 2.19. The molecule has 1 aromatic heterocycles. The Labute approximate surface area is 127 Å². The van der Waals surface area contributed by atoms with E-state index in [1.807, 2.05) is 18.7 Å². The van der Waals surface area contributed by atoms with Crippen LogP contribution in [0.25, 0.3) is 0 Å². The van der Waals surface area contributed by atoms with Gasteiger partial charge in [0.15, 0.2) is 0 Å². The maximum atomic E-state index is 11.7. The van der Waals surface area contributed by atoms with Crippen LogP contribution < -0.4 is 15.1 Å². The highest BCUT2D eigenvalue weighted by molar-refractivity contribution is 6.28. The topological polar surface area (TPSA) is 91.3 Å². The van der Waals surface area contributed by atoms with Gasteiger partial charge in [-0.05, 0) is 32.4 Å². The molecule has 1 aliphatic rings. The number of carbonyl (C=O) groups is 2. The lowest BCUT2D eigenvalue weighted by molar-refractivity contribution is -0.132. The third kappa shape index (κ3) is 3.21. The summed E-state index contributed by atoms with van der Waals surface area (Å²) in [6.07, 6.45) is 0. The molecule has 114 valence electrons. The number of amides is 2. The molecule has 2 heterocycles. The lowest BCUT2D eigenvalue weighted by Crippen LogP contribution is -2.57. The number of carbonyl (C=O) groups excluding carboxylic acids is 2. The van der Waals surface area contributed by atoms with Crippen LogP contribution in [0.3, 0.4) is 0 Å². The smallest absolute Gasteiger partial charge is 0.249 e. The Hall–Kier alpha value is -1.96. The number of piperazine rings is 1. The summed E-state index contributed by atoms with van der Waals surface area (Å²) in [6.45, 7) is 7.06.